The van der Waals surface area contributed by atoms with Gasteiger partial charge in [-0.25, -0.2) is 0 Å². The smallest absolute Gasteiger partial charge is 0.417 e. The van der Waals surface area contributed by atoms with Crippen LogP contribution in [0.25, 0.3) is 0 Å². The van der Waals surface area contributed by atoms with Crippen molar-refractivity contribution in [2.75, 3.05) is 5.32 Å². The number of hydrogen-bond acceptors (Lipinski definition) is 2. The van der Waals surface area contributed by atoms with Gasteiger partial charge in [0, 0.05) is 11.3 Å². The van der Waals surface area contributed by atoms with Gasteiger partial charge >= 0.3 is 6.18 Å². The van der Waals surface area contributed by atoms with E-state index in [0.29, 0.717) is 11.5 Å². The molecule has 0 aromatic heterocycles. The molecule has 3 rings (SSSR count). The molecule has 0 saturated carbocycles. The van der Waals surface area contributed by atoms with Gasteiger partial charge in [-0.15, -0.1) is 0 Å². The maximum absolute atomic E-state index is 12.9. The number of alkyl halides is 3. The van der Waals surface area contributed by atoms with E-state index in [-0.39, 0.29) is 11.3 Å². The van der Waals surface area contributed by atoms with E-state index in [4.69, 9.17) is 16.3 Å². The molecule has 1 amide bonds. The van der Waals surface area contributed by atoms with Crippen LogP contribution in [0.3, 0.4) is 0 Å². The number of ether oxygens (including phenoxy) is 1. The average molecular weight is 392 g/mol. The van der Waals surface area contributed by atoms with Crippen molar-refractivity contribution in [3.8, 4) is 11.5 Å². The maximum atomic E-state index is 12.9. The SMILES string of the molecule is O=C(Nc1ccc(Cl)c(C(F)(F)F)c1)c1cccc(Oc2ccccc2)c1. The zero-order chi connectivity index (χ0) is 19.4. The Kier molecular flexibility index (Phi) is 5.37. The van der Waals surface area contributed by atoms with Crippen LogP contribution in [0, 0.1) is 0 Å². The topological polar surface area (TPSA) is 38.3 Å². The summed E-state index contributed by atoms with van der Waals surface area (Å²) in [7, 11) is 0. The van der Waals surface area contributed by atoms with E-state index < -0.39 is 22.7 Å². The molecular weight excluding hydrogens is 379 g/mol. The van der Waals surface area contributed by atoms with Crippen molar-refractivity contribution in [2.45, 2.75) is 6.18 Å². The van der Waals surface area contributed by atoms with Gasteiger partial charge in [0.05, 0.1) is 10.6 Å². The summed E-state index contributed by atoms with van der Waals surface area (Å²) >= 11 is 5.58. The first-order valence-corrected chi connectivity index (χ1v) is 8.22. The molecule has 0 atom stereocenters. The molecule has 3 aromatic rings. The van der Waals surface area contributed by atoms with Crippen LogP contribution in [0.5, 0.6) is 11.5 Å². The summed E-state index contributed by atoms with van der Waals surface area (Å²) in [6, 6.07) is 18.5. The van der Waals surface area contributed by atoms with E-state index in [0.717, 1.165) is 12.1 Å². The van der Waals surface area contributed by atoms with Gasteiger partial charge in [0.25, 0.3) is 5.91 Å². The summed E-state index contributed by atoms with van der Waals surface area (Å²) in [5.74, 6) is 0.465. The highest BCUT2D eigenvalue weighted by Gasteiger charge is 2.33. The number of benzene rings is 3. The van der Waals surface area contributed by atoms with Crippen LogP contribution in [-0.2, 0) is 6.18 Å². The maximum Gasteiger partial charge on any atom is 0.417 e. The highest BCUT2D eigenvalue weighted by molar-refractivity contribution is 6.31. The molecule has 0 unspecified atom stereocenters. The first-order valence-electron chi connectivity index (χ1n) is 7.84. The molecule has 0 aliphatic rings. The standard InChI is InChI=1S/C20H13ClF3NO2/c21-18-10-9-14(12-17(18)20(22,23)24)25-19(26)13-5-4-8-16(11-13)27-15-6-2-1-3-7-15/h1-12H,(H,25,26). The molecule has 138 valence electrons. The zero-order valence-corrected chi connectivity index (χ0v) is 14.5. The summed E-state index contributed by atoms with van der Waals surface area (Å²) in [6.45, 7) is 0. The third kappa shape index (κ3) is 4.80. The highest BCUT2D eigenvalue weighted by atomic mass is 35.5. The summed E-state index contributed by atoms with van der Waals surface area (Å²) in [4.78, 5) is 12.4. The Bertz CT molecular complexity index is 959. The molecule has 0 fully saturated rings. The molecule has 0 bridgehead atoms. The lowest BCUT2D eigenvalue weighted by Crippen LogP contribution is -2.13. The predicted molar refractivity (Wildman–Crippen MR) is 97.4 cm³/mol. The molecular formula is C20H13ClF3NO2. The fourth-order valence-corrected chi connectivity index (χ4v) is 2.57. The van der Waals surface area contributed by atoms with Crippen LogP contribution in [-0.4, -0.2) is 5.91 Å². The van der Waals surface area contributed by atoms with Gasteiger partial charge in [-0.2, -0.15) is 13.2 Å². The molecule has 0 heterocycles. The number of carbonyl (C=O) groups is 1. The quantitative estimate of drug-likeness (QED) is 0.558. The lowest BCUT2D eigenvalue weighted by Gasteiger charge is -2.12. The van der Waals surface area contributed by atoms with Gasteiger partial charge < -0.3 is 10.1 Å². The lowest BCUT2D eigenvalue weighted by atomic mass is 10.1. The number of para-hydroxylation sites is 1. The molecule has 7 heteroatoms. The Balaban J connectivity index is 1.78. The molecule has 3 nitrogen and oxygen atoms in total. The molecule has 27 heavy (non-hydrogen) atoms. The molecule has 0 aliphatic heterocycles. The van der Waals surface area contributed by atoms with Gasteiger partial charge in [0.2, 0.25) is 0 Å². The fourth-order valence-electron chi connectivity index (χ4n) is 2.35. The van der Waals surface area contributed by atoms with E-state index in [9.17, 15) is 18.0 Å². The number of rotatable bonds is 4. The van der Waals surface area contributed by atoms with Crippen LogP contribution in [0.2, 0.25) is 5.02 Å². The minimum absolute atomic E-state index is 0.00824. The number of nitrogens with one attached hydrogen (secondary N) is 1. The predicted octanol–water partition coefficient (Wildman–Crippen LogP) is 6.40. The molecule has 1 N–H and O–H groups in total. The van der Waals surface area contributed by atoms with E-state index >= 15 is 0 Å². The number of carbonyl (C=O) groups excluding carboxylic acids is 1. The highest BCUT2D eigenvalue weighted by Crippen LogP contribution is 2.36. The zero-order valence-electron chi connectivity index (χ0n) is 13.8. The van der Waals surface area contributed by atoms with E-state index in [1.807, 2.05) is 18.2 Å². The van der Waals surface area contributed by atoms with Crippen LogP contribution in [0.4, 0.5) is 18.9 Å². The fraction of sp³-hybridized carbons (Fsp3) is 0.0500. The lowest BCUT2D eigenvalue weighted by molar-refractivity contribution is -0.137. The molecule has 0 saturated heterocycles. The second kappa shape index (κ2) is 7.72. The van der Waals surface area contributed by atoms with Gasteiger partial charge in [0.15, 0.2) is 0 Å². The van der Waals surface area contributed by atoms with Crippen LogP contribution < -0.4 is 10.1 Å². The molecule has 3 aromatic carbocycles. The van der Waals surface area contributed by atoms with Gasteiger partial charge in [0.1, 0.15) is 11.5 Å². The number of hydrogen-bond donors (Lipinski definition) is 1. The Morgan fingerprint density at radius 2 is 1.59 bits per heavy atom. The Morgan fingerprint density at radius 3 is 2.30 bits per heavy atom. The van der Waals surface area contributed by atoms with Crippen molar-refractivity contribution in [3.05, 3.63) is 88.9 Å². The number of halogens is 4. The van der Waals surface area contributed by atoms with Crippen molar-refractivity contribution in [1.82, 2.24) is 0 Å². The van der Waals surface area contributed by atoms with Crippen molar-refractivity contribution >= 4 is 23.2 Å². The number of amides is 1. The second-order valence-corrected chi connectivity index (χ2v) is 6.00. The molecule has 0 aliphatic carbocycles. The van der Waals surface area contributed by atoms with E-state index in [1.54, 1.807) is 24.3 Å². The minimum atomic E-state index is -4.61. The third-order valence-electron chi connectivity index (χ3n) is 3.60. The number of anilines is 1. The van der Waals surface area contributed by atoms with Crippen LogP contribution in [0.1, 0.15) is 15.9 Å². The minimum Gasteiger partial charge on any atom is -0.457 e. The monoisotopic (exact) mass is 391 g/mol. The second-order valence-electron chi connectivity index (χ2n) is 5.59. The molecule has 0 radical (unpaired) electrons. The summed E-state index contributed by atoms with van der Waals surface area (Å²) in [5, 5.41) is 2.00. The first-order chi connectivity index (χ1) is 12.8. The van der Waals surface area contributed by atoms with E-state index in [2.05, 4.69) is 5.32 Å². The van der Waals surface area contributed by atoms with Crippen molar-refractivity contribution in [2.24, 2.45) is 0 Å². The van der Waals surface area contributed by atoms with Crippen LogP contribution >= 0.6 is 11.6 Å². The van der Waals surface area contributed by atoms with Gasteiger partial charge in [-0.1, -0.05) is 35.9 Å². The summed E-state index contributed by atoms with van der Waals surface area (Å²) in [5.41, 5.74) is -0.777. The van der Waals surface area contributed by atoms with E-state index in [1.165, 1.54) is 18.2 Å². The average Bonchev–Trinajstić information content (AvgIpc) is 2.63. The summed E-state index contributed by atoms with van der Waals surface area (Å²) in [6.07, 6.45) is -4.61. The third-order valence-corrected chi connectivity index (χ3v) is 3.93. The summed E-state index contributed by atoms with van der Waals surface area (Å²) < 4.78 is 44.5. The Hall–Kier alpha value is -2.99. The van der Waals surface area contributed by atoms with Crippen LogP contribution in [0.15, 0.2) is 72.8 Å². The largest absolute Gasteiger partial charge is 0.457 e. The normalized spacial score (nSPS) is 11.1. The Morgan fingerprint density at radius 1 is 0.889 bits per heavy atom. The van der Waals surface area contributed by atoms with Gasteiger partial charge in [-0.3, -0.25) is 4.79 Å². The Labute approximate surface area is 158 Å². The van der Waals surface area contributed by atoms with Crippen molar-refractivity contribution < 1.29 is 22.7 Å². The van der Waals surface area contributed by atoms with Crippen molar-refractivity contribution in [3.63, 3.8) is 0 Å². The van der Waals surface area contributed by atoms with Gasteiger partial charge in [-0.05, 0) is 48.5 Å². The molecule has 0 spiro atoms. The van der Waals surface area contributed by atoms with Crippen molar-refractivity contribution in [1.29, 1.82) is 0 Å². The first kappa shape index (κ1) is 18.8.